The molecule has 1 unspecified atom stereocenters. The van der Waals surface area contributed by atoms with Gasteiger partial charge in [-0.15, -0.1) is 0 Å². The fraction of sp³-hybridized carbons (Fsp3) is 0.231. The summed E-state index contributed by atoms with van der Waals surface area (Å²) in [6.45, 7) is -0.549. The summed E-state index contributed by atoms with van der Waals surface area (Å²) in [5, 5.41) is 14.8. The van der Waals surface area contributed by atoms with E-state index in [1.165, 1.54) is 12.4 Å². The Morgan fingerprint density at radius 2 is 1.95 bits per heavy atom. The smallest absolute Gasteiger partial charge is 0.400 e. The van der Waals surface area contributed by atoms with Crippen LogP contribution in [0, 0.1) is 5.92 Å². The number of alkyl halides is 3. The van der Waals surface area contributed by atoms with Crippen LogP contribution in [0.25, 0.3) is 11.1 Å². The van der Waals surface area contributed by atoms with Crippen molar-refractivity contribution in [1.29, 1.82) is 0 Å². The van der Waals surface area contributed by atoms with Crippen molar-refractivity contribution in [2.24, 2.45) is 16.8 Å². The van der Waals surface area contributed by atoms with E-state index in [1.807, 2.05) is 30.3 Å². The molecule has 1 atom stereocenters. The van der Waals surface area contributed by atoms with E-state index in [0.717, 1.165) is 10.2 Å². The van der Waals surface area contributed by atoms with Gasteiger partial charge in [-0.1, -0.05) is 35.5 Å². The van der Waals surface area contributed by atoms with Gasteiger partial charge in [0, 0.05) is 11.8 Å². The van der Waals surface area contributed by atoms with E-state index in [-0.39, 0.29) is 0 Å². The summed E-state index contributed by atoms with van der Waals surface area (Å²) in [5.74, 6) is -2.98. The van der Waals surface area contributed by atoms with Gasteiger partial charge in [0.1, 0.15) is 5.92 Å². The van der Waals surface area contributed by atoms with E-state index in [4.69, 9.17) is 10.9 Å². The molecule has 2 aromatic rings. The normalized spacial score (nSPS) is 14.1. The third kappa shape index (κ3) is 3.53. The Labute approximate surface area is 118 Å². The number of rotatable bonds is 4. The van der Waals surface area contributed by atoms with E-state index in [0.29, 0.717) is 5.56 Å². The molecular formula is C13H13F3N4O. The highest BCUT2D eigenvalue weighted by molar-refractivity contribution is 5.82. The highest BCUT2D eigenvalue weighted by atomic mass is 19.4. The predicted octanol–water partition coefficient (Wildman–Crippen LogP) is 2.48. The Morgan fingerprint density at radius 1 is 1.29 bits per heavy atom. The van der Waals surface area contributed by atoms with Gasteiger partial charge in [0.05, 0.1) is 12.7 Å². The Morgan fingerprint density at radius 3 is 2.52 bits per heavy atom. The Hall–Kier alpha value is -2.51. The molecule has 0 saturated carbocycles. The highest BCUT2D eigenvalue weighted by Crippen LogP contribution is 2.28. The average Bonchev–Trinajstić information content (AvgIpc) is 2.92. The van der Waals surface area contributed by atoms with Crippen LogP contribution in [0.3, 0.4) is 0 Å². The van der Waals surface area contributed by atoms with Crippen LogP contribution in [-0.4, -0.2) is 27.0 Å². The van der Waals surface area contributed by atoms with Gasteiger partial charge in [0.2, 0.25) is 0 Å². The van der Waals surface area contributed by atoms with Gasteiger partial charge >= 0.3 is 6.18 Å². The van der Waals surface area contributed by atoms with Crippen molar-refractivity contribution in [1.82, 2.24) is 9.78 Å². The third-order valence-corrected chi connectivity index (χ3v) is 2.98. The second-order valence-electron chi connectivity index (χ2n) is 4.44. The number of nitrogens with zero attached hydrogens (tertiary/aromatic N) is 3. The standard InChI is InChI=1S/C13H13F3N4O/c14-13(15,16)11(12(17)19-21)8-20-7-10(6-18-20)9-4-2-1-3-5-9/h1-7,11,21H,8H2,(H2,17,19). The number of oxime groups is 1. The molecule has 0 fully saturated rings. The summed E-state index contributed by atoms with van der Waals surface area (Å²) in [6, 6.07) is 9.13. The van der Waals surface area contributed by atoms with Crippen LogP contribution in [0.15, 0.2) is 47.9 Å². The molecule has 0 aliphatic carbocycles. The van der Waals surface area contributed by atoms with Gasteiger partial charge in [-0.25, -0.2) is 0 Å². The maximum Gasteiger partial charge on any atom is 0.400 e. The summed E-state index contributed by atoms with van der Waals surface area (Å²) >= 11 is 0. The molecule has 0 saturated heterocycles. The maximum absolute atomic E-state index is 12.9. The highest BCUT2D eigenvalue weighted by Gasteiger charge is 2.43. The summed E-state index contributed by atoms with van der Waals surface area (Å²) in [7, 11) is 0. The van der Waals surface area contributed by atoms with Gasteiger partial charge in [0.25, 0.3) is 0 Å². The largest absolute Gasteiger partial charge is 0.409 e. The molecule has 0 amide bonds. The first-order valence-corrected chi connectivity index (χ1v) is 6.04. The minimum absolute atomic E-state index is 0.549. The van der Waals surface area contributed by atoms with Crippen molar-refractivity contribution in [3.8, 4) is 11.1 Å². The number of hydrogen-bond acceptors (Lipinski definition) is 3. The molecule has 0 aliphatic heterocycles. The molecule has 1 aromatic heterocycles. The first-order valence-electron chi connectivity index (χ1n) is 6.04. The van der Waals surface area contributed by atoms with Gasteiger partial charge in [-0.05, 0) is 5.56 Å². The summed E-state index contributed by atoms with van der Waals surface area (Å²) in [5.41, 5.74) is 6.64. The van der Waals surface area contributed by atoms with Crippen LogP contribution in [0.5, 0.6) is 0 Å². The topological polar surface area (TPSA) is 76.4 Å². The van der Waals surface area contributed by atoms with Crippen LogP contribution in [0.2, 0.25) is 0 Å². The second kappa shape index (κ2) is 5.86. The minimum Gasteiger partial charge on any atom is -0.409 e. The Balaban J connectivity index is 2.22. The number of nitrogens with two attached hydrogens (primary N) is 1. The quantitative estimate of drug-likeness (QED) is 0.394. The lowest BCUT2D eigenvalue weighted by atomic mass is 10.1. The third-order valence-electron chi connectivity index (χ3n) is 2.98. The van der Waals surface area contributed by atoms with Crippen LogP contribution in [-0.2, 0) is 6.54 Å². The molecule has 8 heteroatoms. The second-order valence-corrected chi connectivity index (χ2v) is 4.44. The maximum atomic E-state index is 12.9. The molecule has 0 radical (unpaired) electrons. The van der Waals surface area contributed by atoms with E-state index < -0.39 is 24.5 Å². The average molecular weight is 298 g/mol. The Bertz CT molecular complexity index is 622. The van der Waals surface area contributed by atoms with Crippen LogP contribution in [0.4, 0.5) is 13.2 Å². The van der Waals surface area contributed by atoms with Crippen LogP contribution < -0.4 is 5.73 Å². The molecule has 3 N–H and O–H groups in total. The fourth-order valence-electron chi connectivity index (χ4n) is 1.86. The zero-order valence-corrected chi connectivity index (χ0v) is 10.8. The van der Waals surface area contributed by atoms with E-state index in [2.05, 4.69) is 10.3 Å². The zero-order chi connectivity index (χ0) is 15.5. The molecular weight excluding hydrogens is 285 g/mol. The van der Waals surface area contributed by atoms with Crippen LogP contribution in [0.1, 0.15) is 0 Å². The van der Waals surface area contributed by atoms with Crippen molar-refractivity contribution < 1.29 is 18.4 Å². The zero-order valence-electron chi connectivity index (χ0n) is 10.8. The molecule has 5 nitrogen and oxygen atoms in total. The first kappa shape index (κ1) is 14.9. The monoisotopic (exact) mass is 298 g/mol. The Kier molecular flexibility index (Phi) is 4.15. The molecule has 0 spiro atoms. The molecule has 1 aromatic carbocycles. The molecule has 112 valence electrons. The summed E-state index contributed by atoms with van der Waals surface area (Å²) < 4.78 is 39.7. The van der Waals surface area contributed by atoms with Crippen molar-refractivity contribution in [3.05, 3.63) is 42.7 Å². The van der Waals surface area contributed by atoms with Crippen molar-refractivity contribution in [2.45, 2.75) is 12.7 Å². The van der Waals surface area contributed by atoms with Crippen LogP contribution >= 0.6 is 0 Å². The molecule has 0 aliphatic rings. The van der Waals surface area contributed by atoms with Gasteiger partial charge in [-0.2, -0.15) is 18.3 Å². The number of amidine groups is 1. The van der Waals surface area contributed by atoms with Crippen molar-refractivity contribution >= 4 is 5.84 Å². The fourth-order valence-corrected chi connectivity index (χ4v) is 1.86. The lowest BCUT2D eigenvalue weighted by Gasteiger charge is -2.18. The van der Waals surface area contributed by atoms with E-state index in [1.54, 1.807) is 0 Å². The van der Waals surface area contributed by atoms with Gasteiger partial charge < -0.3 is 10.9 Å². The van der Waals surface area contributed by atoms with E-state index in [9.17, 15) is 13.2 Å². The van der Waals surface area contributed by atoms with Crippen molar-refractivity contribution in [2.75, 3.05) is 0 Å². The number of hydrogen-bond donors (Lipinski definition) is 2. The lowest BCUT2D eigenvalue weighted by molar-refractivity contribution is -0.159. The predicted molar refractivity (Wildman–Crippen MR) is 70.6 cm³/mol. The lowest BCUT2D eigenvalue weighted by Crippen LogP contribution is -2.39. The van der Waals surface area contributed by atoms with Gasteiger partial charge in [-0.3, -0.25) is 4.68 Å². The summed E-state index contributed by atoms with van der Waals surface area (Å²) in [6.07, 6.45) is -1.66. The summed E-state index contributed by atoms with van der Waals surface area (Å²) in [4.78, 5) is 0. The molecule has 0 bridgehead atoms. The van der Waals surface area contributed by atoms with E-state index >= 15 is 0 Å². The number of aromatic nitrogens is 2. The SMILES string of the molecule is N/C(=N/O)C(Cn1cc(-c2ccccc2)cn1)C(F)(F)F. The number of benzene rings is 1. The minimum atomic E-state index is -4.62. The first-order chi connectivity index (χ1) is 9.91. The van der Waals surface area contributed by atoms with Gasteiger partial charge in [0.15, 0.2) is 5.84 Å². The number of halogens is 3. The molecule has 1 heterocycles. The molecule has 2 rings (SSSR count). The van der Waals surface area contributed by atoms with Crippen molar-refractivity contribution in [3.63, 3.8) is 0 Å². The molecule has 21 heavy (non-hydrogen) atoms.